The molecule has 0 saturated carbocycles. The quantitative estimate of drug-likeness (QED) is 0.661. The highest BCUT2D eigenvalue weighted by atomic mass is 79.9. The largest absolute Gasteiger partial charge is 0.490 e. The van der Waals surface area contributed by atoms with Crippen LogP contribution < -0.4 is 9.64 Å². The van der Waals surface area contributed by atoms with E-state index in [1.165, 1.54) is 5.69 Å². The van der Waals surface area contributed by atoms with Crippen LogP contribution in [0.4, 0.5) is 5.69 Å². The van der Waals surface area contributed by atoms with E-state index in [0.29, 0.717) is 17.9 Å². The smallest absolute Gasteiger partial charge is 0.257 e. The van der Waals surface area contributed by atoms with Crippen molar-refractivity contribution in [2.75, 3.05) is 38.3 Å². The molecule has 3 rings (SSSR count). The summed E-state index contributed by atoms with van der Waals surface area (Å²) in [7, 11) is 1.82. The zero-order chi connectivity index (χ0) is 20.1. The number of amides is 1. The first kappa shape index (κ1) is 20.7. The molecule has 1 fully saturated rings. The fourth-order valence-corrected chi connectivity index (χ4v) is 3.55. The molecule has 0 aromatic heterocycles. The van der Waals surface area contributed by atoms with Gasteiger partial charge in [-0.2, -0.15) is 0 Å². The lowest BCUT2D eigenvalue weighted by atomic mass is 10.1. The molecule has 0 unspecified atom stereocenters. The Morgan fingerprint density at radius 2 is 1.86 bits per heavy atom. The highest BCUT2D eigenvalue weighted by Gasteiger charge is 2.18. The number of hydrogen-bond acceptors (Lipinski definition) is 4. The molecule has 5 nitrogen and oxygen atoms in total. The van der Waals surface area contributed by atoms with Crippen LogP contribution in [0.15, 0.2) is 46.9 Å². The monoisotopic (exact) mass is 446 g/mol. The predicted molar refractivity (Wildman–Crippen MR) is 115 cm³/mol. The molecule has 28 heavy (non-hydrogen) atoms. The summed E-state index contributed by atoms with van der Waals surface area (Å²) in [4.78, 5) is 17.0. The first-order valence-electron chi connectivity index (χ1n) is 9.57. The van der Waals surface area contributed by atoms with Crippen LogP contribution in [-0.4, -0.2) is 50.3 Å². The minimum absolute atomic E-state index is 0.00103. The van der Waals surface area contributed by atoms with Crippen molar-refractivity contribution in [2.45, 2.75) is 26.5 Å². The summed E-state index contributed by atoms with van der Waals surface area (Å²) in [5.74, 6) is 0.546. The Kier molecular flexibility index (Phi) is 6.97. The van der Waals surface area contributed by atoms with Crippen LogP contribution in [0.25, 0.3) is 0 Å². The van der Waals surface area contributed by atoms with Crippen LogP contribution in [0.5, 0.6) is 5.75 Å². The Labute approximate surface area is 175 Å². The summed E-state index contributed by atoms with van der Waals surface area (Å²) in [5.41, 5.74) is 2.86. The average molecular weight is 447 g/mol. The van der Waals surface area contributed by atoms with Gasteiger partial charge in [-0.25, -0.2) is 0 Å². The number of anilines is 1. The molecule has 0 aliphatic carbocycles. The van der Waals surface area contributed by atoms with Gasteiger partial charge in [0, 0.05) is 36.8 Å². The van der Waals surface area contributed by atoms with Crippen LogP contribution in [0.3, 0.4) is 0 Å². The molecule has 1 saturated heterocycles. The van der Waals surface area contributed by atoms with E-state index >= 15 is 0 Å². The maximum Gasteiger partial charge on any atom is 0.257 e. The topological polar surface area (TPSA) is 42.0 Å². The second kappa shape index (κ2) is 9.43. The molecule has 2 aromatic carbocycles. The van der Waals surface area contributed by atoms with E-state index in [4.69, 9.17) is 9.47 Å². The lowest BCUT2D eigenvalue weighted by Crippen LogP contribution is -2.36. The minimum atomic E-state index is -0.0552. The van der Waals surface area contributed by atoms with Gasteiger partial charge in [-0.1, -0.05) is 28.1 Å². The van der Waals surface area contributed by atoms with Crippen molar-refractivity contribution in [3.8, 4) is 5.75 Å². The van der Waals surface area contributed by atoms with Crippen LogP contribution in [0.1, 0.15) is 29.8 Å². The van der Waals surface area contributed by atoms with Gasteiger partial charge in [0.1, 0.15) is 5.75 Å². The molecule has 0 bridgehead atoms. The highest BCUT2D eigenvalue weighted by molar-refractivity contribution is 9.10. The van der Waals surface area contributed by atoms with Crippen molar-refractivity contribution in [3.05, 3.63) is 58.1 Å². The first-order valence-corrected chi connectivity index (χ1v) is 10.4. The molecule has 1 amide bonds. The SMILES string of the molecule is CC(C)Oc1cc(Br)ccc1C(=O)N(C)Cc1ccc(N2CCOCC2)cc1. The van der Waals surface area contributed by atoms with E-state index in [2.05, 4.69) is 45.1 Å². The van der Waals surface area contributed by atoms with E-state index in [0.717, 1.165) is 36.3 Å². The van der Waals surface area contributed by atoms with E-state index < -0.39 is 0 Å². The van der Waals surface area contributed by atoms with E-state index in [1.807, 2.05) is 39.1 Å². The Morgan fingerprint density at radius 1 is 1.18 bits per heavy atom. The maximum atomic E-state index is 13.0. The average Bonchev–Trinajstić information content (AvgIpc) is 2.68. The summed E-state index contributed by atoms with van der Waals surface area (Å²) in [6.45, 7) is 7.82. The molecule has 1 aliphatic heterocycles. The van der Waals surface area contributed by atoms with Crippen LogP contribution in [-0.2, 0) is 11.3 Å². The van der Waals surface area contributed by atoms with E-state index in [-0.39, 0.29) is 12.0 Å². The van der Waals surface area contributed by atoms with Gasteiger partial charge in [0.2, 0.25) is 0 Å². The Bertz CT molecular complexity index is 802. The lowest BCUT2D eigenvalue weighted by molar-refractivity contribution is 0.0779. The van der Waals surface area contributed by atoms with Crippen LogP contribution >= 0.6 is 15.9 Å². The van der Waals surface area contributed by atoms with Crippen molar-refractivity contribution in [1.29, 1.82) is 0 Å². The third kappa shape index (κ3) is 5.26. The molecule has 0 radical (unpaired) electrons. The Balaban J connectivity index is 1.69. The van der Waals surface area contributed by atoms with Gasteiger partial charge >= 0.3 is 0 Å². The molecule has 150 valence electrons. The summed E-state index contributed by atoms with van der Waals surface area (Å²) in [5, 5.41) is 0. The van der Waals surface area contributed by atoms with Crippen molar-refractivity contribution < 1.29 is 14.3 Å². The molecule has 0 N–H and O–H groups in total. The van der Waals surface area contributed by atoms with E-state index in [1.54, 1.807) is 4.90 Å². The third-order valence-corrected chi connectivity index (χ3v) is 5.11. The van der Waals surface area contributed by atoms with Gasteiger partial charge in [-0.05, 0) is 49.7 Å². The predicted octanol–water partition coefficient (Wildman–Crippen LogP) is 4.35. The first-order chi connectivity index (χ1) is 13.4. The van der Waals surface area contributed by atoms with Gasteiger partial charge < -0.3 is 19.3 Å². The zero-order valence-corrected chi connectivity index (χ0v) is 18.2. The number of morpholine rings is 1. The van der Waals surface area contributed by atoms with Gasteiger partial charge in [0.15, 0.2) is 0 Å². The van der Waals surface area contributed by atoms with Gasteiger partial charge in [-0.3, -0.25) is 4.79 Å². The fourth-order valence-electron chi connectivity index (χ4n) is 3.21. The highest BCUT2D eigenvalue weighted by Crippen LogP contribution is 2.26. The number of carbonyl (C=O) groups is 1. The summed E-state index contributed by atoms with van der Waals surface area (Å²) < 4.78 is 12.1. The summed E-state index contributed by atoms with van der Waals surface area (Å²) >= 11 is 3.45. The van der Waals surface area contributed by atoms with Gasteiger partial charge in [0.25, 0.3) is 5.91 Å². The molecule has 6 heteroatoms. The van der Waals surface area contributed by atoms with Crippen molar-refractivity contribution in [1.82, 2.24) is 4.90 Å². The van der Waals surface area contributed by atoms with E-state index in [9.17, 15) is 4.79 Å². The molecule has 0 spiro atoms. The normalized spacial score (nSPS) is 14.2. The molecular weight excluding hydrogens is 420 g/mol. The second-order valence-electron chi connectivity index (χ2n) is 7.23. The molecule has 1 heterocycles. The number of nitrogens with zero attached hydrogens (tertiary/aromatic N) is 2. The number of hydrogen-bond donors (Lipinski definition) is 0. The lowest BCUT2D eigenvalue weighted by Gasteiger charge is -2.29. The standard InChI is InChI=1S/C22H27BrN2O3/c1-16(2)28-21-14-18(23)6-9-20(21)22(26)24(3)15-17-4-7-19(8-5-17)25-10-12-27-13-11-25/h4-9,14,16H,10-13,15H2,1-3H3. The van der Waals surface area contributed by atoms with Crippen LogP contribution in [0, 0.1) is 0 Å². The Hall–Kier alpha value is -2.05. The van der Waals surface area contributed by atoms with Gasteiger partial charge in [0.05, 0.1) is 24.9 Å². The molecular formula is C22H27BrN2O3. The molecule has 1 aliphatic rings. The van der Waals surface area contributed by atoms with Crippen LogP contribution in [0.2, 0.25) is 0 Å². The number of ether oxygens (including phenoxy) is 2. The van der Waals surface area contributed by atoms with Gasteiger partial charge in [-0.15, -0.1) is 0 Å². The second-order valence-corrected chi connectivity index (χ2v) is 8.15. The Morgan fingerprint density at radius 3 is 2.50 bits per heavy atom. The number of carbonyl (C=O) groups excluding carboxylic acids is 1. The molecule has 0 atom stereocenters. The number of rotatable bonds is 6. The van der Waals surface area contributed by atoms with Crippen molar-refractivity contribution in [3.63, 3.8) is 0 Å². The maximum absolute atomic E-state index is 13.0. The summed E-state index contributed by atoms with van der Waals surface area (Å²) in [6, 6.07) is 13.9. The minimum Gasteiger partial charge on any atom is -0.490 e. The number of benzene rings is 2. The zero-order valence-electron chi connectivity index (χ0n) is 16.7. The summed E-state index contributed by atoms with van der Waals surface area (Å²) in [6.07, 6.45) is -0.00103. The molecule has 2 aromatic rings. The van der Waals surface area contributed by atoms with Crippen molar-refractivity contribution in [2.24, 2.45) is 0 Å². The van der Waals surface area contributed by atoms with Crippen molar-refractivity contribution >= 4 is 27.5 Å². The third-order valence-electron chi connectivity index (χ3n) is 4.62. The number of halogens is 1. The fraction of sp³-hybridized carbons (Fsp3) is 0.409.